The van der Waals surface area contributed by atoms with Crippen LogP contribution in [0.1, 0.15) is 23.0 Å². The number of rotatable bonds is 0. The van der Waals surface area contributed by atoms with E-state index in [0.29, 0.717) is 11.8 Å². The first-order valence-electron chi connectivity index (χ1n) is 5.50. The summed E-state index contributed by atoms with van der Waals surface area (Å²) in [7, 11) is 0. The van der Waals surface area contributed by atoms with Gasteiger partial charge in [-0.05, 0) is 21.5 Å². The molecule has 1 aromatic rings. The van der Waals surface area contributed by atoms with Gasteiger partial charge >= 0.3 is 0 Å². The maximum absolute atomic E-state index is 3.68. The second-order valence-electron chi connectivity index (χ2n) is 4.72. The average Bonchev–Trinajstić information content (AvgIpc) is 2.27. The zero-order valence-corrected chi connectivity index (χ0v) is 9.81. The van der Waals surface area contributed by atoms with Crippen LogP contribution in [0.5, 0.6) is 0 Å². The van der Waals surface area contributed by atoms with E-state index < -0.39 is 0 Å². The van der Waals surface area contributed by atoms with Crippen LogP contribution in [0.4, 0.5) is 0 Å². The van der Waals surface area contributed by atoms with Gasteiger partial charge in [0.15, 0.2) is 0 Å². The average molecular weight is 259 g/mol. The number of halogens is 1. The Balaban J connectivity index is 1.96. The third kappa shape index (κ3) is 0.884. The van der Waals surface area contributed by atoms with Crippen molar-refractivity contribution in [2.24, 2.45) is 11.8 Å². The van der Waals surface area contributed by atoms with Gasteiger partial charge in [-0.25, -0.2) is 0 Å². The molecule has 0 nitrogen and oxygen atoms in total. The van der Waals surface area contributed by atoms with E-state index in [9.17, 15) is 0 Å². The van der Waals surface area contributed by atoms with E-state index in [1.165, 1.54) is 4.48 Å². The molecule has 0 saturated heterocycles. The highest BCUT2D eigenvalue weighted by Gasteiger charge is 2.48. The van der Waals surface area contributed by atoms with E-state index >= 15 is 0 Å². The summed E-state index contributed by atoms with van der Waals surface area (Å²) in [5.74, 6) is 2.74. The molecule has 5 rings (SSSR count). The van der Waals surface area contributed by atoms with Gasteiger partial charge in [0.2, 0.25) is 0 Å². The van der Waals surface area contributed by atoms with Crippen molar-refractivity contribution >= 4 is 15.9 Å². The second kappa shape index (κ2) is 2.65. The Labute approximate surface area is 97.8 Å². The van der Waals surface area contributed by atoms with Crippen molar-refractivity contribution in [2.45, 2.75) is 11.8 Å². The lowest BCUT2D eigenvalue weighted by atomic mass is 9.55. The molecule has 4 atom stereocenters. The molecule has 0 saturated carbocycles. The van der Waals surface area contributed by atoms with E-state index in [0.717, 1.165) is 11.8 Å². The van der Waals surface area contributed by atoms with Crippen LogP contribution in [0.25, 0.3) is 0 Å². The lowest BCUT2D eigenvalue weighted by Gasteiger charge is -2.50. The van der Waals surface area contributed by atoms with Crippen LogP contribution in [0.2, 0.25) is 0 Å². The molecule has 0 heterocycles. The summed E-state index contributed by atoms with van der Waals surface area (Å²) in [6.45, 7) is 0. The molecule has 2 bridgehead atoms. The lowest BCUT2D eigenvalue weighted by Crippen LogP contribution is -2.39. The minimum atomic E-state index is 0.621. The summed E-state index contributed by atoms with van der Waals surface area (Å²) in [5.41, 5.74) is 3.11. The van der Waals surface area contributed by atoms with Gasteiger partial charge in [0, 0.05) is 17.8 Å². The van der Waals surface area contributed by atoms with Gasteiger partial charge in [-0.1, -0.05) is 58.4 Å². The molecule has 0 aromatic heterocycles. The van der Waals surface area contributed by atoms with Crippen LogP contribution in [-0.4, -0.2) is 0 Å². The SMILES string of the molecule is BrC1=C[C@H]2[C@H]1[C@H]1C=C[C@@H]2c2ccccc21. The van der Waals surface area contributed by atoms with E-state index in [1.54, 1.807) is 11.1 Å². The third-order valence-electron chi connectivity index (χ3n) is 4.13. The molecule has 0 radical (unpaired) electrons. The van der Waals surface area contributed by atoms with Crippen molar-refractivity contribution in [1.29, 1.82) is 0 Å². The molecular formula is C14H11Br. The Morgan fingerprint density at radius 2 is 1.60 bits per heavy atom. The first-order chi connectivity index (χ1) is 7.36. The molecule has 0 unspecified atom stereocenters. The molecule has 0 aliphatic heterocycles. The fourth-order valence-electron chi connectivity index (χ4n) is 3.42. The van der Waals surface area contributed by atoms with Crippen molar-refractivity contribution in [2.75, 3.05) is 0 Å². The minimum Gasteiger partial charge on any atom is -0.0797 e. The van der Waals surface area contributed by atoms with E-state index in [2.05, 4.69) is 58.4 Å². The topological polar surface area (TPSA) is 0 Å². The van der Waals surface area contributed by atoms with E-state index in [1.807, 2.05) is 0 Å². The van der Waals surface area contributed by atoms with Gasteiger partial charge in [0.1, 0.15) is 0 Å². The summed E-state index contributed by atoms with van der Waals surface area (Å²) in [6, 6.07) is 8.93. The summed E-state index contributed by atoms with van der Waals surface area (Å²) in [5, 5.41) is 0. The molecule has 0 N–H and O–H groups in total. The zero-order valence-electron chi connectivity index (χ0n) is 8.23. The summed E-state index contributed by atoms with van der Waals surface area (Å²) < 4.78 is 1.42. The number of hydrogen-bond acceptors (Lipinski definition) is 0. The molecular weight excluding hydrogens is 248 g/mol. The highest BCUT2D eigenvalue weighted by atomic mass is 79.9. The quantitative estimate of drug-likeness (QED) is 0.618. The summed E-state index contributed by atoms with van der Waals surface area (Å²) in [4.78, 5) is 0. The summed E-state index contributed by atoms with van der Waals surface area (Å²) >= 11 is 3.68. The molecule has 4 aliphatic carbocycles. The van der Waals surface area contributed by atoms with Gasteiger partial charge in [-0.2, -0.15) is 0 Å². The minimum absolute atomic E-state index is 0.621. The number of hydrogen-bond donors (Lipinski definition) is 0. The predicted octanol–water partition coefficient (Wildman–Crippen LogP) is 3.96. The smallest absolute Gasteiger partial charge is 0.0101 e. The van der Waals surface area contributed by atoms with Crippen LogP contribution in [0.15, 0.2) is 47.0 Å². The van der Waals surface area contributed by atoms with E-state index in [-0.39, 0.29) is 0 Å². The van der Waals surface area contributed by atoms with Crippen molar-refractivity contribution < 1.29 is 0 Å². The lowest BCUT2D eigenvalue weighted by molar-refractivity contribution is 0.312. The Hall–Kier alpha value is -0.820. The highest BCUT2D eigenvalue weighted by Crippen LogP contribution is 2.60. The molecule has 0 fully saturated rings. The molecule has 4 aliphatic rings. The van der Waals surface area contributed by atoms with Crippen LogP contribution in [0.3, 0.4) is 0 Å². The fraction of sp³-hybridized carbons (Fsp3) is 0.286. The van der Waals surface area contributed by atoms with E-state index in [4.69, 9.17) is 0 Å². The molecule has 0 spiro atoms. The predicted molar refractivity (Wildman–Crippen MR) is 65.1 cm³/mol. The third-order valence-corrected chi connectivity index (χ3v) is 4.92. The standard InChI is InChI=1S/C14H11Br/c15-13-7-12-10-5-6-11(14(12)13)9-4-2-1-3-8(9)10/h1-7,10-12,14H/t10-,11+,12-,14-/m1/s1. The van der Waals surface area contributed by atoms with Crippen LogP contribution < -0.4 is 0 Å². The zero-order chi connectivity index (χ0) is 9.99. The van der Waals surface area contributed by atoms with Gasteiger partial charge < -0.3 is 0 Å². The molecule has 74 valence electrons. The maximum atomic E-state index is 3.68. The molecule has 15 heavy (non-hydrogen) atoms. The number of benzene rings is 1. The van der Waals surface area contributed by atoms with Crippen LogP contribution >= 0.6 is 15.9 Å². The molecule has 0 amide bonds. The molecule has 1 aromatic carbocycles. The highest BCUT2D eigenvalue weighted by molar-refractivity contribution is 9.11. The Morgan fingerprint density at radius 3 is 2.33 bits per heavy atom. The monoisotopic (exact) mass is 258 g/mol. The maximum Gasteiger partial charge on any atom is 0.0101 e. The molecule has 1 heteroatoms. The van der Waals surface area contributed by atoms with Crippen molar-refractivity contribution in [1.82, 2.24) is 0 Å². The van der Waals surface area contributed by atoms with Crippen molar-refractivity contribution in [3.63, 3.8) is 0 Å². The Kier molecular flexibility index (Phi) is 1.47. The van der Waals surface area contributed by atoms with Crippen molar-refractivity contribution in [3.8, 4) is 0 Å². The van der Waals surface area contributed by atoms with Crippen LogP contribution in [0, 0.1) is 11.8 Å². The van der Waals surface area contributed by atoms with Gasteiger partial charge in [-0.15, -0.1) is 0 Å². The van der Waals surface area contributed by atoms with Crippen molar-refractivity contribution in [3.05, 3.63) is 58.1 Å². The Morgan fingerprint density at radius 1 is 0.933 bits per heavy atom. The van der Waals surface area contributed by atoms with Crippen LogP contribution in [-0.2, 0) is 0 Å². The number of allylic oxidation sites excluding steroid dienone is 4. The normalized spacial score (nSPS) is 39.1. The van der Waals surface area contributed by atoms with Gasteiger partial charge in [-0.3, -0.25) is 0 Å². The Bertz CT molecular complexity index is 498. The first kappa shape index (κ1) is 8.35. The largest absolute Gasteiger partial charge is 0.0797 e. The van der Waals surface area contributed by atoms with Gasteiger partial charge in [0.05, 0.1) is 0 Å². The van der Waals surface area contributed by atoms with Gasteiger partial charge in [0.25, 0.3) is 0 Å². The first-order valence-corrected chi connectivity index (χ1v) is 6.30. The fourth-order valence-corrected chi connectivity index (χ4v) is 4.31. The summed E-state index contributed by atoms with van der Waals surface area (Å²) in [6.07, 6.45) is 7.20. The second-order valence-corrected chi connectivity index (χ2v) is 5.64.